The van der Waals surface area contributed by atoms with Gasteiger partial charge in [0.05, 0.1) is 37.2 Å². The molecule has 0 heterocycles. The van der Waals surface area contributed by atoms with Crippen molar-refractivity contribution < 1.29 is 18.9 Å². The zero-order chi connectivity index (χ0) is 35.5. The summed E-state index contributed by atoms with van der Waals surface area (Å²) in [6.45, 7) is 11.9. The van der Waals surface area contributed by atoms with Crippen molar-refractivity contribution in [2.24, 2.45) is 0 Å². The number of hydrogen-bond acceptors (Lipinski definition) is 4. The molecule has 3 aromatic rings. The van der Waals surface area contributed by atoms with Crippen molar-refractivity contribution in [3.63, 3.8) is 0 Å². The van der Waals surface area contributed by atoms with Gasteiger partial charge in [-0.1, -0.05) is 180 Å². The first-order valence-electron chi connectivity index (χ1n) is 21.3. The Labute approximate surface area is 307 Å². The Kier molecular flexibility index (Phi) is 22.6. The lowest BCUT2D eigenvalue weighted by Crippen LogP contribution is -2.06. The van der Waals surface area contributed by atoms with Crippen molar-refractivity contribution in [1.82, 2.24) is 0 Å². The molecule has 0 aromatic heterocycles. The molecule has 3 rings (SSSR count). The maximum Gasteiger partial charge on any atom is 0.139 e. The van der Waals surface area contributed by atoms with Crippen LogP contribution in [-0.2, 0) is 0 Å². The summed E-state index contributed by atoms with van der Waals surface area (Å²) in [5, 5.41) is 4.22. The third kappa shape index (κ3) is 14.9. The average Bonchev–Trinajstić information content (AvgIpc) is 3.14. The second-order valence-corrected chi connectivity index (χ2v) is 14.5. The Morgan fingerprint density at radius 2 is 0.600 bits per heavy atom. The molecule has 0 bridgehead atoms. The molecule has 0 radical (unpaired) electrons. The van der Waals surface area contributed by atoms with Crippen molar-refractivity contribution >= 4 is 21.5 Å². The van der Waals surface area contributed by atoms with E-state index in [1.165, 1.54) is 128 Å². The minimum Gasteiger partial charge on any atom is -0.493 e. The van der Waals surface area contributed by atoms with Crippen LogP contribution < -0.4 is 18.9 Å². The maximum atomic E-state index is 6.83. The molecule has 0 aliphatic carbocycles. The Bertz CT molecular complexity index is 1190. The summed E-state index contributed by atoms with van der Waals surface area (Å²) in [5.41, 5.74) is 0. The first-order valence-corrected chi connectivity index (χ1v) is 21.3. The molecule has 282 valence electrons. The van der Waals surface area contributed by atoms with Crippen LogP contribution in [0.1, 0.15) is 182 Å². The number of hydrogen-bond donors (Lipinski definition) is 0. The fraction of sp³-hybridized carbons (Fsp3) is 0.696. The molecule has 0 unspecified atom stereocenters. The van der Waals surface area contributed by atoms with Crippen molar-refractivity contribution in [2.45, 2.75) is 182 Å². The van der Waals surface area contributed by atoms with E-state index in [2.05, 4.69) is 64.1 Å². The van der Waals surface area contributed by atoms with Crippen molar-refractivity contribution in [3.05, 3.63) is 36.4 Å². The number of unbranched alkanes of at least 4 members (excludes halogenated alkanes) is 20. The molecule has 0 atom stereocenters. The number of benzene rings is 3. The van der Waals surface area contributed by atoms with Gasteiger partial charge in [0, 0.05) is 10.8 Å². The summed E-state index contributed by atoms with van der Waals surface area (Å²) in [5.74, 6) is 3.60. The van der Waals surface area contributed by atoms with Gasteiger partial charge >= 0.3 is 0 Å². The van der Waals surface area contributed by atoms with E-state index < -0.39 is 0 Å². The molecule has 0 fully saturated rings. The number of rotatable bonds is 32. The smallest absolute Gasteiger partial charge is 0.139 e. The molecular formula is C46H74O4. The van der Waals surface area contributed by atoms with Gasteiger partial charge in [-0.2, -0.15) is 0 Å². The van der Waals surface area contributed by atoms with E-state index in [0.29, 0.717) is 26.4 Å². The van der Waals surface area contributed by atoms with Gasteiger partial charge in [-0.05, 0) is 37.8 Å². The van der Waals surface area contributed by atoms with Crippen LogP contribution in [0.4, 0.5) is 0 Å². The summed E-state index contributed by atoms with van der Waals surface area (Å²) >= 11 is 0. The van der Waals surface area contributed by atoms with Gasteiger partial charge in [0.15, 0.2) is 0 Å². The van der Waals surface area contributed by atoms with E-state index in [0.717, 1.165) is 70.2 Å². The Balaban J connectivity index is 1.97. The van der Waals surface area contributed by atoms with E-state index in [9.17, 15) is 0 Å². The minimum atomic E-state index is 0.697. The van der Waals surface area contributed by atoms with Crippen LogP contribution in [0.15, 0.2) is 36.4 Å². The van der Waals surface area contributed by atoms with Crippen molar-refractivity contribution in [1.29, 1.82) is 0 Å². The van der Waals surface area contributed by atoms with Gasteiger partial charge in [0.25, 0.3) is 0 Å². The second kappa shape index (κ2) is 27.1. The molecule has 0 aliphatic heterocycles. The van der Waals surface area contributed by atoms with Crippen molar-refractivity contribution in [2.75, 3.05) is 26.4 Å². The van der Waals surface area contributed by atoms with Gasteiger partial charge in [-0.25, -0.2) is 0 Å². The highest BCUT2D eigenvalue weighted by molar-refractivity contribution is 6.15. The lowest BCUT2D eigenvalue weighted by Gasteiger charge is -2.22. The molecule has 4 heteroatoms. The number of fused-ring (bicyclic) bond motifs is 2. The third-order valence-electron chi connectivity index (χ3n) is 10.00. The van der Waals surface area contributed by atoms with Crippen LogP contribution in [-0.4, -0.2) is 26.4 Å². The topological polar surface area (TPSA) is 36.9 Å². The Morgan fingerprint density at radius 1 is 0.320 bits per heavy atom. The molecule has 0 spiro atoms. The highest BCUT2D eigenvalue weighted by Gasteiger charge is 2.23. The van der Waals surface area contributed by atoms with Gasteiger partial charge < -0.3 is 18.9 Å². The van der Waals surface area contributed by atoms with E-state index >= 15 is 0 Å². The zero-order valence-corrected chi connectivity index (χ0v) is 32.9. The molecule has 0 amide bonds. The first-order chi connectivity index (χ1) is 24.8. The first kappa shape index (κ1) is 41.8. The predicted octanol–water partition coefficient (Wildman–Crippen LogP) is 15.0. The summed E-state index contributed by atoms with van der Waals surface area (Å²) in [6, 6.07) is 12.9. The highest BCUT2D eigenvalue weighted by atomic mass is 16.5. The normalized spacial score (nSPS) is 11.4. The largest absolute Gasteiger partial charge is 0.493 e. The summed E-state index contributed by atoms with van der Waals surface area (Å²) in [6.07, 6.45) is 29.7. The molecular weight excluding hydrogens is 617 g/mol. The molecule has 50 heavy (non-hydrogen) atoms. The predicted molar refractivity (Wildman–Crippen MR) is 217 cm³/mol. The van der Waals surface area contributed by atoms with E-state index in [1.807, 2.05) is 0 Å². The second-order valence-electron chi connectivity index (χ2n) is 14.5. The Hall–Kier alpha value is -2.62. The minimum absolute atomic E-state index is 0.697. The van der Waals surface area contributed by atoms with Gasteiger partial charge in [-0.15, -0.1) is 0 Å². The fourth-order valence-electron chi connectivity index (χ4n) is 6.95. The highest BCUT2D eigenvalue weighted by Crippen LogP contribution is 2.50. The van der Waals surface area contributed by atoms with Crippen LogP contribution in [0, 0.1) is 0 Å². The monoisotopic (exact) mass is 691 g/mol. The van der Waals surface area contributed by atoms with E-state index in [-0.39, 0.29) is 0 Å². The molecule has 0 N–H and O–H groups in total. The molecule has 0 aliphatic rings. The van der Waals surface area contributed by atoms with E-state index in [1.54, 1.807) is 0 Å². The molecule has 4 nitrogen and oxygen atoms in total. The fourth-order valence-corrected chi connectivity index (χ4v) is 6.95. The van der Waals surface area contributed by atoms with E-state index in [4.69, 9.17) is 18.9 Å². The van der Waals surface area contributed by atoms with Crippen LogP contribution in [0.3, 0.4) is 0 Å². The van der Waals surface area contributed by atoms with Crippen LogP contribution in [0.5, 0.6) is 23.0 Å². The van der Waals surface area contributed by atoms with Crippen molar-refractivity contribution in [3.8, 4) is 23.0 Å². The SMILES string of the molecule is CCCCCCCCOc1ccc(OCCCCCCCC)c2c(OCCCCCCCC)c3ccccc3c(OCCCCCCCC)c12. The Morgan fingerprint density at radius 3 is 0.920 bits per heavy atom. The summed E-state index contributed by atoms with van der Waals surface area (Å²) in [4.78, 5) is 0. The standard InChI is InChI=1S/C46H74O4/c1-5-9-13-17-21-27-35-47-41-33-34-42(48-36-28-22-18-14-10-6-2)44-43(41)45(49-37-29-23-19-15-11-7-3)39-31-25-26-32-40(39)46(44)50-38-30-24-20-16-12-8-4/h25-26,31-34H,5-24,27-30,35-38H2,1-4H3. The summed E-state index contributed by atoms with van der Waals surface area (Å²) in [7, 11) is 0. The van der Waals surface area contributed by atoms with Gasteiger partial charge in [-0.3, -0.25) is 0 Å². The molecule has 0 saturated carbocycles. The van der Waals surface area contributed by atoms with Gasteiger partial charge in [0.2, 0.25) is 0 Å². The van der Waals surface area contributed by atoms with Crippen LogP contribution in [0.2, 0.25) is 0 Å². The quantitative estimate of drug-likeness (QED) is 0.0483. The zero-order valence-electron chi connectivity index (χ0n) is 32.9. The lowest BCUT2D eigenvalue weighted by atomic mass is 9.98. The van der Waals surface area contributed by atoms with Gasteiger partial charge in [0.1, 0.15) is 23.0 Å². The maximum absolute atomic E-state index is 6.83. The molecule has 3 aromatic carbocycles. The average molecular weight is 691 g/mol. The summed E-state index contributed by atoms with van der Waals surface area (Å²) < 4.78 is 27.0. The number of ether oxygens (including phenoxy) is 4. The van der Waals surface area contributed by atoms with Crippen LogP contribution >= 0.6 is 0 Å². The van der Waals surface area contributed by atoms with Crippen LogP contribution in [0.25, 0.3) is 21.5 Å². The molecule has 0 saturated heterocycles. The lowest BCUT2D eigenvalue weighted by molar-refractivity contribution is 0.290. The third-order valence-corrected chi connectivity index (χ3v) is 10.00.